The molecule has 0 aliphatic carbocycles. The molecule has 1 aliphatic heterocycles. The molecule has 0 bridgehead atoms. The summed E-state index contributed by atoms with van der Waals surface area (Å²) in [5.74, 6) is -0.821. The summed E-state index contributed by atoms with van der Waals surface area (Å²) in [5.41, 5.74) is 4.26. The predicted octanol–water partition coefficient (Wildman–Crippen LogP) is 6.33. The second-order valence-corrected chi connectivity index (χ2v) is 11.0. The molecule has 1 heterocycles. The van der Waals surface area contributed by atoms with Crippen molar-refractivity contribution < 1.29 is 24.2 Å². The van der Waals surface area contributed by atoms with Crippen LogP contribution in [-0.2, 0) is 26.3 Å². The number of aliphatic hydroxyl groups is 1. The number of rotatable bonds is 9. The van der Waals surface area contributed by atoms with Crippen molar-refractivity contribution in [3.8, 4) is 5.75 Å². The van der Waals surface area contributed by atoms with Gasteiger partial charge in [-0.15, -0.1) is 0 Å². The van der Waals surface area contributed by atoms with Crippen LogP contribution in [0.3, 0.4) is 0 Å². The molecule has 0 aromatic heterocycles. The smallest absolute Gasteiger partial charge is 0.295 e. The van der Waals surface area contributed by atoms with Crippen molar-refractivity contribution in [3.05, 3.63) is 106 Å². The van der Waals surface area contributed by atoms with Gasteiger partial charge in [-0.3, -0.25) is 9.59 Å². The Morgan fingerprint density at radius 2 is 1.67 bits per heavy atom. The predicted molar refractivity (Wildman–Crippen MR) is 153 cm³/mol. The minimum absolute atomic E-state index is 0.0414. The van der Waals surface area contributed by atoms with Gasteiger partial charge in [0.1, 0.15) is 18.1 Å². The van der Waals surface area contributed by atoms with Crippen LogP contribution in [0.2, 0.25) is 0 Å². The Balaban J connectivity index is 1.71. The number of likely N-dealkylation sites (tertiary alicyclic amines) is 1. The monoisotopic (exact) mass is 527 g/mol. The minimum atomic E-state index is -0.690. The molecular formula is C33H37NO5. The molecule has 6 nitrogen and oxygen atoms in total. The molecule has 39 heavy (non-hydrogen) atoms. The zero-order valence-corrected chi connectivity index (χ0v) is 23.4. The lowest BCUT2D eigenvalue weighted by Crippen LogP contribution is -2.31. The molecule has 0 unspecified atom stereocenters. The summed E-state index contributed by atoms with van der Waals surface area (Å²) in [6, 6.07) is 22.5. The summed E-state index contributed by atoms with van der Waals surface area (Å²) in [7, 11) is 1.60. The van der Waals surface area contributed by atoms with Crippen molar-refractivity contribution in [2.24, 2.45) is 0 Å². The number of carbonyl (C=O) groups excluding carboxylic acids is 2. The van der Waals surface area contributed by atoms with Crippen LogP contribution >= 0.6 is 0 Å². The average molecular weight is 528 g/mol. The Kier molecular flexibility index (Phi) is 8.56. The van der Waals surface area contributed by atoms with Crippen molar-refractivity contribution in [1.29, 1.82) is 0 Å². The van der Waals surface area contributed by atoms with E-state index in [-0.39, 0.29) is 16.7 Å². The SMILES string of the molecule is COCCCN1C(=O)C(=O)C(=C(O)c2ccc(OCc3ccccc3)cc2C)[C@@H]1c1ccc(C(C)(C)C)cc1. The van der Waals surface area contributed by atoms with Crippen LogP contribution in [0.25, 0.3) is 5.76 Å². The Labute approximate surface area is 230 Å². The molecule has 1 saturated heterocycles. The van der Waals surface area contributed by atoms with Crippen molar-refractivity contribution in [2.75, 3.05) is 20.3 Å². The fourth-order valence-electron chi connectivity index (χ4n) is 4.88. The fraction of sp³-hybridized carbons (Fsp3) is 0.333. The van der Waals surface area contributed by atoms with Gasteiger partial charge in [-0.2, -0.15) is 0 Å². The summed E-state index contributed by atoms with van der Waals surface area (Å²) in [5, 5.41) is 11.5. The number of Topliss-reactive ketones (excluding diaryl/α,β-unsaturated/α-hetero) is 1. The molecule has 1 N–H and O–H groups in total. The largest absolute Gasteiger partial charge is 0.507 e. The van der Waals surface area contributed by atoms with E-state index in [0.29, 0.717) is 37.5 Å². The minimum Gasteiger partial charge on any atom is -0.507 e. The number of benzene rings is 3. The van der Waals surface area contributed by atoms with E-state index < -0.39 is 17.7 Å². The summed E-state index contributed by atoms with van der Waals surface area (Å²) >= 11 is 0. The third-order valence-electron chi connectivity index (χ3n) is 7.08. The van der Waals surface area contributed by atoms with Crippen LogP contribution in [0.1, 0.15) is 61.1 Å². The molecule has 4 rings (SSSR count). The first-order chi connectivity index (χ1) is 18.6. The first kappa shape index (κ1) is 28.1. The maximum Gasteiger partial charge on any atom is 0.295 e. The molecule has 0 radical (unpaired) electrons. The number of ketones is 1. The third-order valence-corrected chi connectivity index (χ3v) is 7.08. The van der Waals surface area contributed by atoms with Crippen LogP contribution in [0, 0.1) is 6.92 Å². The Morgan fingerprint density at radius 1 is 0.974 bits per heavy atom. The van der Waals surface area contributed by atoms with Crippen molar-refractivity contribution in [2.45, 2.75) is 52.2 Å². The van der Waals surface area contributed by atoms with Crippen LogP contribution < -0.4 is 4.74 Å². The molecular weight excluding hydrogens is 490 g/mol. The summed E-state index contributed by atoms with van der Waals surface area (Å²) in [4.78, 5) is 28.1. The lowest BCUT2D eigenvalue weighted by molar-refractivity contribution is -0.140. The maximum absolute atomic E-state index is 13.3. The number of methoxy groups -OCH3 is 1. The highest BCUT2D eigenvalue weighted by Crippen LogP contribution is 2.40. The number of nitrogens with zero attached hydrogens (tertiary/aromatic N) is 1. The van der Waals surface area contributed by atoms with Gasteiger partial charge in [0.15, 0.2) is 0 Å². The lowest BCUT2D eigenvalue weighted by Gasteiger charge is -2.26. The van der Waals surface area contributed by atoms with Gasteiger partial charge in [-0.1, -0.05) is 75.4 Å². The highest BCUT2D eigenvalue weighted by atomic mass is 16.5. The molecule has 1 fully saturated rings. The van der Waals surface area contributed by atoms with E-state index in [4.69, 9.17) is 9.47 Å². The van der Waals surface area contributed by atoms with Gasteiger partial charge in [0.25, 0.3) is 11.7 Å². The van der Waals surface area contributed by atoms with Gasteiger partial charge >= 0.3 is 0 Å². The number of aliphatic hydroxyl groups excluding tert-OH is 1. The number of hydrogen-bond acceptors (Lipinski definition) is 5. The Hall–Kier alpha value is -3.90. The molecule has 0 spiro atoms. The van der Waals surface area contributed by atoms with Crippen molar-refractivity contribution in [3.63, 3.8) is 0 Å². The number of carbonyl (C=O) groups is 2. The first-order valence-electron chi connectivity index (χ1n) is 13.3. The molecule has 1 aliphatic rings. The fourth-order valence-corrected chi connectivity index (χ4v) is 4.88. The van der Waals surface area contributed by atoms with Gasteiger partial charge in [0.05, 0.1) is 11.6 Å². The van der Waals surface area contributed by atoms with Crippen molar-refractivity contribution >= 4 is 17.4 Å². The molecule has 0 saturated carbocycles. The number of amides is 1. The summed E-state index contributed by atoms with van der Waals surface area (Å²) < 4.78 is 11.1. The molecule has 3 aromatic carbocycles. The van der Waals surface area contributed by atoms with E-state index in [1.165, 1.54) is 0 Å². The topological polar surface area (TPSA) is 76.1 Å². The zero-order chi connectivity index (χ0) is 28.2. The molecule has 204 valence electrons. The highest BCUT2D eigenvalue weighted by molar-refractivity contribution is 6.46. The normalized spacial score (nSPS) is 17.1. The number of hydrogen-bond donors (Lipinski definition) is 1. The quantitative estimate of drug-likeness (QED) is 0.152. The van der Waals surface area contributed by atoms with Crippen LogP contribution in [-0.4, -0.2) is 42.0 Å². The summed E-state index contributed by atoms with van der Waals surface area (Å²) in [6.45, 7) is 9.47. The number of aryl methyl sites for hydroxylation is 1. The Bertz CT molecular complexity index is 1350. The van der Waals surface area contributed by atoms with E-state index >= 15 is 0 Å². The average Bonchev–Trinajstić information content (AvgIpc) is 3.17. The van der Waals surface area contributed by atoms with E-state index in [9.17, 15) is 14.7 Å². The van der Waals surface area contributed by atoms with Crippen LogP contribution in [0.4, 0.5) is 0 Å². The maximum atomic E-state index is 13.3. The first-order valence-corrected chi connectivity index (χ1v) is 13.3. The summed E-state index contributed by atoms with van der Waals surface area (Å²) in [6.07, 6.45) is 0.576. The second-order valence-electron chi connectivity index (χ2n) is 11.0. The molecule has 1 atom stereocenters. The number of ether oxygens (including phenoxy) is 2. The van der Waals surface area contributed by atoms with E-state index in [2.05, 4.69) is 20.8 Å². The highest BCUT2D eigenvalue weighted by Gasteiger charge is 2.46. The van der Waals surface area contributed by atoms with Gasteiger partial charge in [0, 0.05) is 25.8 Å². The van der Waals surface area contributed by atoms with Crippen molar-refractivity contribution in [1.82, 2.24) is 4.90 Å². The van der Waals surface area contributed by atoms with Gasteiger partial charge < -0.3 is 19.5 Å². The standard InChI is InChI=1S/C33H37NO5/c1-22-20-26(39-21-23-10-7-6-8-11-23)16-17-27(22)30(35)28-29(24-12-14-25(15-13-24)33(2,3)4)34(18-9-19-38-5)32(37)31(28)36/h6-8,10-17,20,29,35H,9,18-19,21H2,1-5H3/t29-/m0/s1. The van der Waals surface area contributed by atoms with E-state index in [1.807, 2.05) is 67.6 Å². The van der Waals surface area contributed by atoms with Crippen LogP contribution in [0.15, 0.2) is 78.4 Å². The van der Waals surface area contributed by atoms with E-state index in [0.717, 1.165) is 22.3 Å². The van der Waals surface area contributed by atoms with Crippen LogP contribution in [0.5, 0.6) is 5.75 Å². The van der Waals surface area contributed by atoms with E-state index in [1.54, 1.807) is 24.1 Å². The third kappa shape index (κ3) is 6.23. The molecule has 6 heteroatoms. The second kappa shape index (κ2) is 11.9. The zero-order valence-electron chi connectivity index (χ0n) is 23.4. The Morgan fingerprint density at radius 3 is 2.28 bits per heavy atom. The molecule has 1 amide bonds. The van der Waals surface area contributed by atoms with Gasteiger partial charge in [0.2, 0.25) is 0 Å². The van der Waals surface area contributed by atoms with Gasteiger partial charge in [-0.05, 0) is 59.2 Å². The molecule has 3 aromatic rings. The lowest BCUT2D eigenvalue weighted by atomic mass is 9.85. The van der Waals surface area contributed by atoms with Gasteiger partial charge in [-0.25, -0.2) is 0 Å².